The van der Waals surface area contributed by atoms with Gasteiger partial charge in [0.1, 0.15) is 0 Å². The molecule has 106 valence electrons. The second-order valence-corrected chi connectivity index (χ2v) is 5.88. The van der Waals surface area contributed by atoms with E-state index in [1.54, 1.807) is 0 Å². The van der Waals surface area contributed by atoms with Crippen LogP contribution >= 0.6 is 11.6 Å². The van der Waals surface area contributed by atoms with Crippen LogP contribution < -0.4 is 5.73 Å². The highest BCUT2D eigenvalue weighted by Gasteiger charge is 2.12. The van der Waals surface area contributed by atoms with E-state index in [1.165, 1.54) is 21.9 Å². The molecule has 1 atom stereocenters. The number of hydrogen-bond acceptors (Lipinski definition) is 1. The van der Waals surface area contributed by atoms with E-state index in [1.807, 2.05) is 13.0 Å². The maximum Gasteiger partial charge on any atom is 0.0441 e. The van der Waals surface area contributed by atoms with Crippen LogP contribution in [0.4, 0.5) is 0 Å². The topological polar surface area (TPSA) is 26.0 Å². The third kappa shape index (κ3) is 2.94. The Morgan fingerprint density at radius 1 is 1.00 bits per heavy atom. The molecular weight excluding hydrogens is 278 g/mol. The monoisotopic (exact) mass is 295 g/mol. The first-order chi connectivity index (χ1) is 10.1. The minimum absolute atomic E-state index is 0.0590. The molecule has 2 N–H and O–H groups in total. The summed E-state index contributed by atoms with van der Waals surface area (Å²) >= 11 is 6.32. The largest absolute Gasteiger partial charge is 0.324 e. The molecule has 3 aromatic carbocycles. The molecule has 3 rings (SSSR count). The summed E-state index contributed by atoms with van der Waals surface area (Å²) in [6, 6.07) is 20.7. The van der Waals surface area contributed by atoms with Crippen LogP contribution in [-0.4, -0.2) is 0 Å². The minimum Gasteiger partial charge on any atom is -0.324 e. The van der Waals surface area contributed by atoms with E-state index in [9.17, 15) is 0 Å². The number of halogens is 1. The van der Waals surface area contributed by atoms with Crippen molar-refractivity contribution >= 4 is 22.4 Å². The van der Waals surface area contributed by atoms with Gasteiger partial charge in [0.2, 0.25) is 0 Å². The molecule has 21 heavy (non-hydrogen) atoms. The zero-order valence-corrected chi connectivity index (χ0v) is 12.8. The molecular formula is C19H18ClN. The highest BCUT2D eigenvalue weighted by Crippen LogP contribution is 2.27. The van der Waals surface area contributed by atoms with Crippen molar-refractivity contribution in [3.8, 4) is 0 Å². The zero-order valence-electron chi connectivity index (χ0n) is 12.0. The third-order valence-corrected chi connectivity index (χ3v) is 4.22. The van der Waals surface area contributed by atoms with Gasteiger partial charge in [-0.2, -0.15) is 0 Å². The number of rotatable bonds is 3. The van der Waals surface area contributed by atoms with Gasteiger partial charge >= 0.3 is 0 Å². The van der Waals surface area contributed by atoms with Gasteiger partial charge in [0.25, 0.3) is 0 Å². The third-order valence-electron chi connectivity index (χ3n) is 3.87. The molecule has 0 radical (unpaired) electrons. The number of hydrogen-bond donors (Lipinski definition) is 1. The van der Waals surface area contributed by atoms with Crippen LogP contribution in [0.3, 0.4) is 0 Å². The molecule has 3 aromatic rings. The Kier molecular flexibility index (Phi) is 3.96. The molecule has 0 amide bonds. The summed E-state index contributed by atoms with van der Waals surface area (Å²) in [5.74, 6) is 0. The van der Waals surface area contributed by atoms with Gasteiger partial charge in [-0.3, -0.25) is 0 Å². The van der Waals surface area contributed by atoms with E-state index >= 15 is 0 Å². The lowest BCUT2D eigenvalue weighted by Gasteiger charge is -2.16. The Morgan fingerprint density at radius 2 is 1.76 bits per heavy atom. The van der Waals surface area contributed by atoms with E-state index in [0.29, 0.717) is 0 Å². The van der Waals surface area contributed by atoms with Gasteiger partial charge in [0, 0.05) is 11.1 Å². The Hall–Kier alpha value is -1.83. The average Bonchev–Trinajstić information content (AvgIpc) is 2.49. The van der Waals surface area contributed by atoms with Crippen LogP contribution in [0, 0.1) is 6.92 Å². The van der Waals surface area contributed by atoms with Crippen LogP contribution in [0.2, 0.25) is 5.02 Å². The Balaban J connectivity index is 1.95. The van der Waals surface area contributed by atoms with Crippen molar-refractivity contribution in [1.29, 1.82) is 0 Å². The Labute approximate surface area is 130 Å². The molecule has 0 heterocycles. The van der Waals surface area contributed by atoms with Gasteiger partial charge < -0.3 is 5.73 Å². The fourth-order valence-corrected chi connectivity index (χ4v) is 3.05. The van der Waals surface area contributed by atoms with Crippen molar-refractivity contribution in [3.63, 3.8) is 0 Å². The zero-order chi connectivity index (χ0) is 14.8. The predicted molar refractivity (Wildman–Crippen MR) is 90.8 cm³/mol. The molecule has 0 aliphatic carbocycles. The number of benzene rings is 3. The van der Waals surface area contributed by atoms with Crippen LogP contribution in [0.25, 0.3) is 10.8 Å². The SMILES string of the molecule is Cc1ccc(CC(N)c2cccc3ccccc23)c(Cl)c1. The number of fused-ring (bicyclic) bond motifs is 1. The first-order valence-electron chi connectivity index (χ1n) is 7.13. The lowest BCUT2D eigenvalue weighted by atomic mass is 9.94. The molecule has 0 aliphatic heterocycles. The molecule has 0 saturated carbocycles. The van der Waals surface area contributed by atoms with Gasteiger partial charge in [-0.15, -0.1) is 0 Å². The molecule has 0 aliphatic rings. The summed E-state index contributed by atoms with van der Waals surface area (Å²) in [4.78, 5) is 0. The highest BCUT2D eigenvalue weighted by molar-refractivity contribution is 6.31. The maximum atomic E-state index is 6.44. The quantitative estimate of drug-likeness (QED) is 0.719. The van der Waals surface area contributed by atoms with Crippen LogP contribution in [0.1, 0.15) is 22.7 Å². The van der Waals surface area contributed by atoms with Gasteiger partial charge in [0.05, 0.1) is 0 Å². The summed E-state index contributed by atoms with van der Waals surface area (Å²) in [6.07, 6.45) is 0.743. The smallest absolute Gasteiger partial charge is 0.0441 e. The van der Waals surface area contributed by atoms with Crippen molar-refractivity contribution in [2.24, 2.45) is 5.73 Å². The fraction of sp³-hybridized carbons (Fsp3) is 0.158. The molecule has 2 heteroatoms. The summed E-state index contributed by atoms with van der Waals surface area (Å²) in [5, 5.41) is 3.24. The summed E-state index contributed by atoms with van der Waals surface area (Å²) in [5.41, 5.74) is 9.88. The molecule has 0 saturated heterocycles. The van der Waals surface area contributed by atoms with E-state index in [0.717, 1.165) is 17.0 Å². The predicted octanol–water partition coefficient (Wildman–Crippen LogP) is 5.04. The van der Waals surface area contributed by atoms with Crippen molar-refractivity contribution in [2.75, 3.05) is 0 Å². The molecule has 0 fully saturated rings. The van der Waals surface area contributed by atoms with Gasteiger partial charge in [-0.25, -0.2) is 0 Å². The highest BCUT2D eigenvalue weighted by atomic mass is 35.5. The Bertz CT molecular complexity index is 774. The molecule has 1 unspecified atom stereocenters. The van der Waals surface area contributed by atoms with Crippen molar-refractivity contribution in [3.05, 3.63) is 82.4 Å². The molecule has 0 spiro atoms. The second kappa shape index (κ2) is 5.88. The number of nitrogens with two attached hydrogens (primary N) is 1. The second-order valence-electron chi connectivity index (χ2n) is 5.47. The lowest BCUT2D eigenvalue weighted by molar-refractivity contribution is 0.728. The van der Waals surface area contributed by atoms with E-state index in [4.69, 9.17) is 17.3 Å². The number of aryl methyl sites for hydroxylation is 1. The first kappa shape index (κ1) is 14.1. The van der Waals surface area contributed by atoms with Crippen molar-refractivity contribution < 1.29 is 0 Å². The van der Waals surface area contributed by atoms with E-state index < -0.39 is 0 Å². The molecule has 0 aromatic heterocycles. The average molecular weight is 296 g/mol. The van der Waals surface area contributed by atoms with Gasteiger partial charge in [-0.05, 0) is 46.9 Å². The minimum atomic E-state index is -0.0590. The van der Waals surface area contributed by atoms with Crippen LogP contribution in [-0.2, 0) is 6.42 Å². The standard InChI is InChI=1S/C19H18ClN/c1-13-9-10-15(18(20)11-13)12-19(21)17-8-4-6-14-5-2-3-7-16(14)17/h2-11,19H,12,21H2,1H3. The summed E-state index contributed by atoms with van der Waals surface area (Å²) < 4.78 is 0. The Morgan fingerprint density at radius 3 is 2.57 bits per heavy atom. The van der Waals surface area contributed by atoms with Gasteiger partial charge in [0.15, 0.2) is 0 Å². The maximum absolute atomic E-state index is 6.44. The van der Waals surface area contributed by atoms with Crippen molar-refractivity contribution in [1.82, 2.24) is 0 Å². The molecule has 1 nitrogen and oxygen atoms in total. The van der Waals surface area contributed by atoms with Gasteiger partial charge in [-0.1, -0.05) is 66.2 Å². The van der Waals surface area contributed by atoms with E-state index in [2.05, 4.69) is 54.6 Å². The van der Waals surface area contributed by atoms with Crippen LogP contribution in [0.5, 0.6) is 0 Å². The summed E-state index contributed by atoms with van der Waals surface area (Å²) in [7, 11) is 0. The lowest BCUT2D eigenvalue weighted by Crippen LogP contribution is -2.14. The summed E-state index contributed by atoms with van der Waals surface area (Å²) in [6.45, 7) is 2.04. The fourth-order valence-electron chi connectivity index (χ4n) is 2.74. The normalized spacial score (nSPS) is 12.5. The first-order valence-corrected chi connectivity index (χ1v) is 7.51. The van der Waals surface area contributed by atoms with E-state index in [-0.39, 0.29) is 6.04 Å². The van der Waals surface area contributed by atoms with Crippen LogP contribution in [0.15, 0.2) is 60.7 Å². The van der Waals surface area contributed by atoms with Crippen molar-refractivity contribution in [2.45, 2.75) is 19.4 Å². The molecule has 0 bridgehead atoms.